The SMILES string of the molecule is COCC(O)CCc1ncccn1. The molecule has 0 aromatic carbocycles. The van der Waals surface area contributed by atoms with Gasteiger partial charge in [0.1, 0.15) is 5.82 Å². The van der Waals surface area contributed by atoms with Crippen LogP contribution in [0, 0.1) is 0 Å². The predicted octanol–water partition coefficient (Wildman–Crippen LogP) is 0.417. The lowest BCUT2D eigenvalue weighted by Crippen LogP contribution is -2.15. The molecule has 1 unspecified atom stereocenters. The van der Waals surface area contributed by atoms with Crippen molar-refractivity contribution in [3.8, 4) is 0 Å². The summed E-state index contributed by atoms with van der Waals surface area (Å²) in [6.07, 6.45) is 4.30. The Labute approximate surface area is 77.6 Å². The molecular formula is C9H14N2O2. The molecule has 13 heavy (non-hydrogen) atoms. The van der Waals surface area contributed by atoms with Gasteiger partial charge in [-0.3, -0.25) is 0 Å². The van der Waals surface area contributed by atoms with Crippen LogP contribution >= 0.6 is 0 Å². The second kappa shape index (κ2) is 5.61. The van der Waals surface area contributed by atoms with Crippen molar-refractivity contribution >= 4 is 0 Å². The molecule has 0 radical (unpaired) electrons. The Bertz CT molecular complexity index is 228. The zero-order valence-corrected chi connectivity index (χ0v) is 7.68. The normalized spacial score (nSPS) is 12.8. The highest BCUT2D eigenvalue weighted by Crippen LogP contribution is 1.99. The molecule has 0 aliphatic rings. The summed E-state index contributed by atoms with van der Waals surface area (Å²) >= 11 is 0. The number of aromatic nitrogens is 2. The highest BCUT2D eigenvalue weighted by atomic mass is 16.5. The van der Waals surface area contributed by atoms with Crippen LogP contribution in [-0.4, -0.2) is 34.9 Å². The van der Waals surface area contributed by atoms with Gasteiger partial charge in [-0.25, -0.2) is 9.97 Å². The fourth-order valence-corrected chi connectivity index (χ4v) is 1.03. The molecule has 1 heterocycles. The molecule has 0 fully saturated rings. The number of hydrogen-bond acceptors (Lipinski definition) is 4. The van der Waals surface area contributed by atoms with E-state index in [-0.39, 0.29) is 0 Å². The molecule has 0 spiro atoms. The number of aliphatic hydroxyl groups excluding tert-OH is 1. The van der Waals surface area contributed by atoms with E-state index in [1.165, 1.54) is 0 Å². The number of nitrogens with zero attached hydrogens (tertiary/aromatic N) is 2. The van der Waals surface area contributed by atoms with Crippen LogP contribution in [0.15, 0.2) is 18.5 Å². The predicted molar refractivity (Wildman–Crippen MR) is 48.2 cm³/mol. The minimum atomic E-state index is -0.422. The molecule has 0 saturated carbocycles. The first-order valence-corrected chi connectivity index (χ1v) is 4.26. The van der Waals surface area contributed by atoms with Gasteiger partial charge in [-0.1, -0.05) is 0 Å². The highest BCUT2D eigenvalue weighted by molar-refractivity contribution is 4.88. The topological polar surface area (TPSA) is 55.2 Å². The first kappa shape index (κ1) is 10.1. The molecule has 4 heteroatoms. The molecule has 0 bridgehead atoms. The third-order valence-electron chi connectivity index (χ3n) is 1.68. The minimum absolute atomic E-state index is 0.368. The fraction of sp³-hybridized carbons (Fsp3) is 0.556. The van der Waals surface area contributed by atoms with Gasteiger partial charge >= 0.3 is 0 Å². The summed E-state index contributed by atoms with van der Waals surface area (Å²) in [5.74, 6) is 0.762. The molecule has 1 aromatic rings. The Morgan fingerprint density at radius 1 is 1.46 bits per heavy atom. The van der Waals surface area contributed by atoms with Crippen LogP contribution in [0.2, 0.25) is 0 Å². The Morgan fingerprint density at radius 2 is 2.15 bits per heavy atom. The maximum Gasteiger partial charge on any atom is 0.128 e. The fourth-order valence-electron chi connectivity index (χ4n) is 1.03. The third-order valence-corrected chi connectivity index (χ3v) is 1.68. The van der Waals surface area contributed by atoms with E-state index in [0.29, 0.717) is 19.4 Å². The monoisotopic (exact) mass is 182 g/mol. The number of rotatable bonds is 5. The molecule has 1 atom stereocenters. The molecule has 0 amide bonds. The van der Waals surface area contributed by atoms with E-state index in [4.69, 9.17) is 4.74 Å². The zero-order chi connectivity index (χ0) is 9.52. The lowest BCUT2D eigenvalue weighted by atomic mass is 10.2. The van der Waals surface area contributed by atoms with Crippen molar-refractivity contribution in [1.82, 2.24) is 9.97 Å². The van der Waals surface area contributed by atoms with Gasteiger partial charge in [0.15, 0.2) is 0 Å². The Balaban J connectivity index is 2.27. The number of ether oxygens (including phenoxy) is 1. The largest absolute Gasteiger partial charge is 0.391 e. The van der Waals surface area contributed by atoms with E-state index < -0.39 is 6.10 Å². The maximum atomic E-state index is 9.33. The quantitative estimate of drug-likeness (QED) is 0.717. The smallest absolute Gasteiger partial charge is 0.128 e. The van der Waals surface area contributed by atoms with Crippen molar-refractivity contribution in [2.24, 2.45) is 0 Å². The minimum Gasteiger partial charge on any atom is -0.391 e. The third kappa shape index (κ3) is 3.96. The van der Waals surface area contributed by atoms with Crippen LogP contribution in [0.4, 0.5) is 0 Å². The van der Waals surface area contributed by atoms with Crippen molar-refractivity contribution in [2.75, 3.05) is 13.7 Å². The van der Waals surface area contributed by atoms with Gasteiger partial charge in [0.05, 0.1) is 12.7 Å². The molecule has 1 aromatic heterocycles. The van der Waals surface area contributed by atoms with Crippen molar-refractivity contribution in [1.29, 1.82) is 0 Å². The van der Waals surface area contributed by atoms with Crippen molar-refractivity contribution < 1.29 is 9.84 Å². The van der Waals surface area contributed by atoms with Gasteiger partial charge in [-0.2, -0.15) is 0 Å². The number of methoxy groups -OCH3 is 1. The number of aliphatic hydroxyl groups is 1. The molecule has 0 aliphatic heterocycles. The zero-order valence-electron chi connectivity index (χ0n) is 7.68. The van der Waals surface area contributed by atoms with Crippen LogP contribution in [0.5, 0.6) is 0 Å². The summed E-state index contributed by atoms with van der Waals surface area (Å²) in [6, 6.07) is 1.77. The van der Waals surface area contributed by atoms with Crippen LogP contribution in [0.1, 0.15) is 12.2 Å². The summed E-state index contributed by atoms with van der Waals surface area (Å²) in [6.45, 7) is 0.368. The second-order valence-corrected chi connectivity index (χ2v) is 2.81. The number of aryl methyl sites for hydroxylation is 1. The first-order valence-electron chi connectivity index (χ1n) is 4.26. The van der Waals surface area contributed by atoms with E-state index in [1.54, 1.807) is 25.6 Å². The average Bonchev–Trinajstić information content (AvgIpc) is 2.17. The standard InChI is InChI=1S/C9H14N2O2/c1-13-7-8(12)3-4-9-10-5-2-6-11-9/h2,5-6,8,12H,3-4,7H2,1H3. The molecule has 72 valence electrons. The van der Waals surface area contributed by atoms with E-state index in [2.05, 4.69) is 9.97 Å². The second-order valence-electron chi connectivity index (χ2n) is 2.81. The average molecular weight is 182 g/mol. The molecule has 1 rings (SSSR count). The van der Waals surface area contributed by atoms with Crippen LogP contribution < -0.4 is 0 Å². The summed E-state index contributed by atoms with van der Waals surface area (Å²) in [4.78, 5) is 8.10. The van der Waals surface area contributed by atoms with Crippen LogP contribution in [-0.2, 0) is 11.2 Å². The molecule has 0 saturated heterocycles. The van der Waals surface area contributed by atoms with Gasteiger partial charge in [0, 0.05) is 25.9 Å². The molecule has 0 aliphatic carbocycles. The molecular weight excluding hydrogens is 168 g/mol. The summed E-state index contributed by atoms with van der Waals surface area (Å²) in [5, 5.41) is 9.33. The summed E-state index contributed by atoms with van der Waals surface area (Å²) < 4.78 is 4.80. The van der Waals surface area contributed by atoms with Gasteiger partial charge in [-0.05, 0) is 12.5 Å². The summed E-state index contributed by atoms with van der Waals surface area (Å²) in [5.41, 5.74) is 0. The van der Waals surface area contributed by atoms with Gasteiger partial charge < -0.3 is 9.84 Å². The van der Waals surface area contributed by atoms with Gasteiger partial charge in [0.25, 0.3) is 0 Å². The van der Waals surface area contributed by atoms with E-state index >= 15 is 0 Å². The highest BCUT2D eigenvalue weighted by Gasteiger charge is 2.04. The summed E-state index contributed by atoms with van der Waals surface area (Å²) in [7, 11) is 1.57. The van der Waals surface area contributed by atoms with Gasteiger partial charge in [-0.15, -0.1) is 0 Å². The number of hydrogen-bond donors (Lipinski definition) is 1. The molecule has 4 nitrogen and oxygen atoms in total. The Kier molecular flexibility index (Phi) is 4.35. The lowest BCUT2D eigenvalue weighted by molar-refractivity contribution is 0.0592. The van der Waals surface area contributed by atoms with Crippen molar-refractivity contribution in [3.05, 3.63) is 24.3 Å². The first-order chi connectivity index (χ1) is 6.33. The van der Waals surface area contributed by atoms with E-state index in [1.807, 2.05) is 0 Å². The molecule has 1 N–H and O–H groups in total. The Morgan fingerprint density at radius 3 is 2.77 bits per heavy atom. The van der Waals surface area contributed by atoms with Crippen molar-refractivity contribution in [3.63, 3.8) is 0 Å². The van der Waals surface area contributed by atoms with E-state index in [9.17, 15) is 5.11 Å². The van der Waals surface area contributed by atoms with Gasteiger partial charge in [0.2, 0.25) is 0 Å². The maximum absolute atomic E-state index is 9.33. The lowest BCUT2D eigenvalue weighted by Gasteiger charge is -2.07. The van der Waals surface area contributed by atoms with Crippen LogP contribution in [0.3, 0.4) is 0 Å². The van der Waals surface area contributed by atoms with Crippen LogP contribution in [0.25, 0.3) is 0 Å². The Hall–Kier alpha value is -1.00. The van der Waals surface area contributed by atoms with Crippen molar-refractivity contribution in [2.45, 2.75) is 18.9 Å². The van der Waals surface area contributed by atoms with E-state index in [0.717, 1.165) is 5.82 Å².